The number of hydrogen-bond donors (Lipinski definition) is 1. The van der Waals surface area contributed by atoms with E-state index in [1.54, 1.807) is 6.20 Å². The van der Waals surface area contributed by atoms with Crippen molar-refractivity contribution in [1.82, 2.24) is 24.6 Å². The van der Waals surface area contributed by atoms with Gasteiger partial charge in [-0.3, -0.25) is 0 Å². The summed E-state index contributed by atoms with van der Waals surface area (Å²) in [6.07, 6.45) is 5.66. The zero-order valence-corrected chi connectivity index (χ0v) is 14.6. The van der Waals surface area contributed by atoms with Crippen LogP contribution in [0.5, 0.6) is 11.5 Å². The maximum absolute atomic E-state index is 5.42. The Balaban J connectivity index is 1.35. The van der Waals surface area contributed by atoms with Gasteiger partial charge in [0, 0.05) is 18.0 Å². The number of ether oxygens (including phenoxy) is 2. The molecule has 4 aromatic rings. The standard InChI is InChI=1S/C19H16N6O2/c1-12-2-5-18-22-14(10-25(18)9-12)7-20-19-23-15(8-21-24-19)13-3-4-16-17(6-13)27-11-26-16/h2-6,8-10H,7,11H2,1H3,(H,20,23,24). The topological polar surface area (TPSA) is 86.5 Å². The molecule has 8 heteroatoms. The lowest BCUT2D eigenvalue weighted by atomic mass is 10.1. The van der Waals surface area contributed by atoms with Crippen molar-refractivity contribution >= 4 is 11.6 Å². The quantitative estimate of drug-likeness (QED) is 0.599. The molecule has 0 saturated heterocycles. The van der Waals surface area contributed by atoms with Crippen LogP contribution in [0.15, 0.2) is 48.9 Å². The van der Waals surface area contributed by atoms with Crippen molar-refractivity contribution < 1.29 is 9.47 Å². The number of pyridine rings is 1. The number of imidazole rings is 1. The Kier molecular flexibility index (Phi) is 3.60. The molecule has 0 aliphatic carbocycles. The fourth-order valence-electron chi connectivity index (χ4n) is 2.98. The fourth-order valence-corrected chi connectivity index (χ4v) is 2.98. The van der Waals surface area contributed by atoms with Crippen molar-refractivity contribution in [1.29, 1.82) is 0 Å². The number of hydrogen-bond acceptors (Lipinski definition) is 7. The molecule has 4 heterocycles. The van der Waals surface area contributed by atoms with Gasteiger partial charge in [0.25, 0.3) is 0 Å². The third-order valence-corrected chi connectivity index (χ3v) is 4.30. The van der Waals surface area contributed by atoms with E-state index in [9.17, 15) is 0 Å². The van der Waals surface area contributed by atoms with Gasteiger partial charge in [-0.2, -0.15) is 5.10 Å². The molecule has 134 valence electrons. The van der Waals surface area contributed by atoms with Gasteiger partial charge >= 0.3 is 0 Å². The molecule has 8 nitrogen and oxygen atoms in total. The van der Waals surface area contributed by atoms with Gasteiger partial charge in [-0.05, 0) is 36.8 Å². The molecule has 0 fully saturated rings. The van der Waals surface area contributed by atoms with Crippen LogP contribution in [0, 0.1) is 6.92 Å². The molecule has 1 N–H and O–H groups in total. The highest BCUT2D eigenvalue weighted by Gasteiger charge is 2.15. The van der Waals surface area contributed by atoms with Gasteiger partial charge in [0.15, 0.2) is 11.5 Å². The molecular formula is C19H16N6O2. The largest absolute Gasteiger partial charge is 0.454 e. The highest BCUT2D eigenvalue weighted by Crippen LogP contribution is 2.35. The third-order valence-electron chi connectivity index (χ3n) is 4.30. The van der Waals surface area contributed by atoms with Crippen molar-refractivity contribution in [2.45, 2.75) is 13.5 Å². The van der Waals surface area contributed by atoms with E-state index < -0.39 is 0 Å². The molecule has 0 radical (unpaired) electrons. The summed E-state index contributed by atoms with van der Waals surface area (Å²) >= 11 is 0. The summed E-state index contributed by atoms with van der Waals surface area (Å²) in [6, 6.07) is 9.72. The molecule has 1 aliphatic rings. The maximum Gasteiger partial charge on any atom is 0.243 e. The Hall–Kier alpha value is -3.68. The molecule has 0 unspecified atom stereocenters. The van der Waals surface area contributed by atoms with E-state index in [1.165, 1.54) is 5.56 Å². The highest BCUT2D eigenvalue weighted by molar-refractivity contribution is 5.64. The zero-order valence-electron chi connectivity index (χ0n) is 14.6. The minimum Gasteiger partial charge on any atom is -0.454 e. The number of benzene rings is 1. The Morgan fingerprint density at radius 2 is 2.00 bits per heavy atom. The summed E-state index contributed by atoms with van der Waals surface area (Å²) in [7, 11) is 0. The molecule has 0 atom stereocenters. The van der Waals surface area contributed by atoms with E-state index in [0.717, 1.165) is 22.7 Å². The second kappa shape index (κ2) is 6.24. The Bertz CT molecular complexity index is 1140. The van der Waals surface area contributed by atoms with Crippen LogP contribution in [0.25, 0.3) is 16.9 Å². The summed E-state index contributed by atoms with van der Waals surface area (Å²) in [5.74, 6) is 1.89. The molecule has 1 aromatic carbocycles. The first-order valence-electron chi connectivity index (χ1n) is 8.52. The molecule has 1 aliphatic heterocycles. The number of nitrogens with zero attached hydrogens (tertiary/aromatic N) is 5. The average Bonchev–Trinajstić information content (AvgIpc) is 3.32. The summed E-state index contributed by atoms with van der Waals surface area (Å²) in [5.41, 5.74) is 4.59. The van der Waals surface area contributed by atoms with Crippen LogP contribution in [0.3, 0.4) is 0 Å². The Labute approximate surface area is 154 Å². The number of aryl methyl sites for hydroxylation is 1. The van der Waals surface area contributed by atoms with Crippen LogP contribution in [0.4, 0.5) is 5.95 Å². The SMILES string of the molecule is Cc1ccc2nc(CNc3nncc(-c4ccc5c(c4)OCO5)n3)cn2c1. The second-order valence-electron chi connectivity index (χ2n) is 6.29. The van der Waals surface area contributed by atoms with Gasteiger partial charge in [0.2, 0.25) is 12.7 Å². The fraction of sp³-hybridized carbons (Fsp3) is 0.158. The van der Waals surface area contributed by atoms with Gasteiger partial charge in [-0.15, -0.1) is 5.10 Å². The first-order valence-corrected chi connectivity index (χ1v) is 8.52. The summed E-state index contributed by atoms with van der Waals surface area (Å²) < 4.78 is 12.8. The van der Waals surface area contributed by atoms with Crippen LogP contribution in [0.1, 0.15) is 11.3 Å². The van der Waals surface area contributed by atoms with E-state index in [0.29, 0.717) is 23.9 Å². The predicted molar refractivity (Wildman–Crippen MR) is 98.6 cm³/mol. The number of fused-ring (bicyclic) bond motifs is 2. The number of anilines is 1. The van der Waals surface area contributed by atoms with E-state index >= 15 is 0 Å². The van der Waals surface area contributed by atoms with Crippen molar-refractivity contribution in [3.05, 3.63) is 60.2 Å². The lowest BCUT2D eigenvalue weighted by Crippen LogP contribution is -2.05. The van der Waals surface area contributed by atoms with Crippen molar-refractivity contribution in [3.63, 3.8) is 0 Å². The highest BCUT2D eigenvalue weighted by atomic mass is 16.7. The van der Waals surface area contributed by atoms with Gasteiger partial charge in [-0.1, -0.05) is 6.07 Å². The number of aromatic nitrogens is 5. The molecule has 0 spiro atoms. The molecule has 0 amide bonds. The zero-order chi connectivity index (χ0) is 18.2. The monoisotopic (exact) mass is 360 g/mol. The van der Waals surface area contributed by atoms with Gasteiger partial charge < -0.3 is 19.2 Å². The summed E-state index contributed by atoms with van der Waals surface area (Å²) in [6.45, 7) is 2.80. The van der Waals surface area contributed by atoms with Gasteiger partial charge in [-0.25, -0.2) is 9.97 Å². The lowest BCUT2D eigenvalue weighted by molar-refractivity contribution is 0.174. The first kappa shape index (κ1) is 15.6. The van der Waals surface area contributed by atoms with E-state index in [-0.39, 0.29) is 6.79 Å². The van der Waals surface area contributed by atoms with Crippen LogP contribution in [-0.4, -0.2) is 31.4 Å². The molecule has 3 aromatic heterocycles. The molecular weight excluding hydrogens is 344 g/mol. The number of nitrogens with one attached hydrogen (secondary N) is 1. The van der Waals surface area contributed by atoms with E-state index in [4.69, 9.17) is 9.47 Å². The Morgan fingerprint density at radius 1 is 1.07 bits per heavy atom. The number of rotatable bonds is 4. The van der Waals surface area contributed by atoms with Crippen LogP contribution >= 0.6 is 0 Å². The van der Waals surface area contributed by atoms with Crippen LogP contribution < -0.4 is 14.8 Å². The molecule has 27 heavy (non-hydrogen) atoms. The van der Waals surface area contributed by atoms with E-state index in [2.05, 4.69) is 32.4 Å². The molecule has 0 bridgehead atoms. The normalized spacial score (nSPS) is 12.5. The van der Waals surface area contributed by atoms with Crippen molar-refractivity contribution in [3.8, 4) is 22.8 Å². The predicted octanol–water partition coefficient (Wildman–Crippen LogP) is 2.84. The third kappa shape index (κ3) is 3.01. The average molecular weight is 360 g/mol. The minimum atomic E-state index is 0.242. The maximum atomic E-state index is 5.42. The lowest BCUT2D eigenvalue weighted by Gasteiger charge is -2.05. The first-order chi connectivity index (χ1) is 13.2. The Morgan fingerprint density at radius 3 is 2.96 bits per heavy atom. The molecule has 0 saturated carbocycles. The smallest absolute Gasteiger partial charge is 0.243 e. The van der Waals surface area contributed by atoms with Gasteiger partial charge in [0.1, 0.15) is 5.65 Å². The summed E-state index contributed by atoms with van der Waals surface area (Å²) in [5, 5.41) is 11.3. The van der Waals surface area contributed by atoms with Gasteiger partial charge in [0.05, 0.1) is 24.1 Å². The second-order valence-corrected chi connectivity index (χ2v) is 6.29. The minimum absolute atomic E-state index is 0.242. The van der Waals surface area contributed by atoms with Crippen molar-refractivity contribution in [2.24, 2.45) is 0 Å². The van der Waals surface area contributed by atoms with Crippen LogP contribution in [0.2, 0.25) is 0 Å². The van der Waals surface area contributed by atoms with E-state index in [1.807, 2.05) is 47.1 Å². The van der Waals surface area contributed by atoms with Crippen molar-refractivity contribution in [2.75, 3.05) is 12.1 Å². The van der Waals surface area contributed by atoms with Crippen LogP contribution in [-0.2, 0) is 6.54 Å². The molecule has 5 rings (SSSR count). The summed E-state index contributed by atoms with van der Waals surface area (Å²) in [4.78, 5) is 9.12.